The number of pyridine rings is 1. The van der Waals surface area contributed by atoms with Gasteiger partial charge in [-0.1, -0.05) is 15.9 Å². The molecule has 0 aliphatic heterocycles. The number of benzene rings is 1. The number of nitrogen functional groups attached to an aromatic ring is 1. The van der Waals surface area contributed by atoms with Gasteiger partial charge in [-0.05, 0) is 18.2 Å². The van der Waals surface area contributed by atoms with Gasteiger partial charge in [-0.3, -0.25) is 0 Å². The van der Waals surface area contributed by atoms with Gasteiger partial charge < -0.3 is 10.5 Å². The molecule has 17 heavy (non-hydrogen) atoms. The molecule has 0 bridgehead atoms. The van der Waals surface area contributed by atoms with Crippen molar-refractivity contribution in [2.45, 2.75) is 0 Å². The van der Waals surface area contributed by atoms with Crippen LogP contribution in [0.4, 0.5) is 14.5 Å². The van der Waals surface area contributed by atoms with Gasteiger partial charge in [0.05, 0.1) is 0 Å². The molecule has 0 aliphatic rings. The summed E-state index contributed by atoms with van der Waals surface area (Å²) in [5, 5.41) is 0. The summed E-state index contributed by atoms with van der Waals surface area (Å²) in [6.07, 6.45) is 1.41. The first-order valence-corrected chi connectivity index (χ1v) is 5.39. The maximum absolute atomic E-state index is 13.4. The van der Waals surface area contributed by atoms with E-state index >= 15 is 0 Å². The summed E-state index contributed by atoms with van der Waals surface area (Å²) in [5.41, 5.74) is 5.94. The minimum atomic E-state index is -1.07. The van der Waals surface area contributed by atoms with E-state index in [1.165, 1.54) is 18.3 Å². The Hall–Kier alpha value is -1.69. The maximum Gasteiger partial charge on any atom is 0.221 e. The van der Waals surface area contributed by atoms with Crippen molar-refractivity contribution in [3.63, 3.8) is 0 Å². The predicted molar refractivity (Wildman–Crippen MR) is 62.8 cm³/mol. The van der Waals surface area contributed by atoms with Crippen LogP contribution in [0.3, 0.4) is 0 Å². The molecule has 0 saturated carbocycles. The minimum Gasteiger partial charge on any atom is -0.436 e. The van der Waals surface area contributed by atoms with Crippen molar-refractivity contribution in [3.8, 4) is 11.6 Å². The number of hydrogen-bond donors (Lipinski definition) is 1. The van der Waals surface area contributed by atoms with E-state index in [1.807, 2.05) is 0 Å². The van der Waals surface area contributed by atoms with Crippen LogP contribution in [-0.4, -0.2) is 4.98 Å². The van der Waals surface area contributed by atoms with Crippen molar-refractivity contribution in [1.29, 1.82) is 0 Å². The highest BCUT2D eigenvalue weighted by atomic mass is 79.9. The maximum atomic E-state index is 13.4. The zero-order valence-electron chi connectivity index (χ0n) is 8.45. The summed E-state index contributed by atoms with van der Waals surface area (Å²) >= 11 is 3.04. The summed E-state index contributed by atoms with van der Waals surface area (Å²) in [4.78, 5) is 3.83. The minimum absolute atomic E-state index is 0.0985. The topological polar surface area (TPSA) is 48.1 Å². The van der Waals surface area contributed by atoms with E-state index in [4.69, 9.17) is 10.5 Å². The van der Waals surface area contributed by atoms with Crippen molar-refractivity contribution >= 4 is 21.6 Å². The number of ether oxygens (including phenoxy) is 1. The van der Waals surface area contributed by atoms with Crippen molar-refractivity contribution in [3.05, 3.63) is 46.6 Å². The molecule has 2 rings (SSSR count). The van der Waals surface area contributed by atoms with Crippen molar-refractivity contribution in [2.24, 2.45) is 0 Å². The molecular weight excluding hydrogens is 294 g/mol. The number of rotatable bonds is 2. The van der Waals surface area contributed by atoms with E-state index in [0.717, 1.165) is 6.07 Å². The van der Waals surface area contributed by atoms with Gasteiger partial charge in [0.25, 0.3) is 0 Å². The monoisotopic (exact) mass is 300 g/mol. The standard InChI is InChI=1S/C11H7BrF2N2O/c12-6-3-8(13)11(14)9(4-6)17-10-5-7(15)1-2-16-10/h1-5H,(H2,15,16). The Kier molecular flexibility index (Phi) is 3.23. The van der Waals surface area contributed by atoms with Gasteiger partial charge in [0.1, 0.15) is 0 Å². The number of nitrogens with two attached hydrogens (primary N) is 1. The Balaban J connectivity index is 2.36. The average Bonchev–Trinajstić information content (AvgIpc) is 2.25. The van der Waals surface area contributed by atoms with Crippen LogP contribution in [0.5, 0.6) is 11.6 Å². The van der Waals surface area contributed by atoms with Crippen LogP contribution >= 0.6 is 15.9 Å². The SMILES string of the molecule is Nc1ccnc(Oc2cc(Br)cc(F)c2F)c1. The Morgan fingerprint density at radius 3 is 2.71 bits per heavy atom. The average molecular weight is 301 g/mol. The molecular formula is C11H7BrF2N2O. The Morgan fingerprint density at radius 1 is 1.24 bits per heavy atom. The molecule has 0 radical (unpaired) electrons. The highest BCUT2D eigenvalue weighted by molar-refractivity contribution is 9.10. The van der Waals surface area contributed by atoms with Crippen LogP contribution in [0.25, 0.3) is 0 Å². The summed E-state index contributed by atoms with van der Waals surface area (Å²) in [5.74, 6) is -2.23. The highest BCUT2D eigenvalue weighted by Crippen LogP contribution is 2.29. The lowest BCUT2D eigenvalue weighted by atomic mass is 10.3. The van der Waals surface area contributed by atoms with Gasteiger partial charge in [0, 0.05) is 22.4 Å². The smallest absolute Gasteiger partial charge is 0.221 e. The lowest BCUT2D eigenvalue weighted by Crippen LogP contribution is -1.95. The molecule has 0 amide bonds. The van der Waals surface area contributed by atoms with E-state index in [9.17, 15) is 8.78 Å². The Labute approximate surface area is 104 Å². The van der Waals surface area contributed by atoms with Crippen LogP contribution in [0.2, 0.25) is 0 Å². The first-order chi connectivity index (χ1) is 8.06. The van der Waals surface area contributed by atoms with Crippen LogP contribution < -0.4 is 10.5 Å². The Bertz CT molecular complexity index is 563. The summed E-state index contributed by atoms with van der Waals surface area (Å²) in [6.45, 7) is 0. The van der Waals surface area contributed by atoms with Gasteiger partial charge >= 0.3 is 0 Å². The molecule has 1 aromatic heterocycles. The molecule has 0 saturated heterocycles. The van der Waals surface area contributed by atoms with Gasteiger partial charge in [-0.15, -0.1) is 0 Å². The third-order valence-corrected chi connectivity index (χ3v) is 2.39. The molecule has 6 heteroatoms. The van der Waals surface area contributed by atoms with E-state index in [0.29, 0.717) is 10.2 Å². The van der Waals surface area contributed by atoms with E-state index < -0.39 is 11.6 Å². The molecule has 1 heterocycles. The predicted octanol–water partition coefficient (Wildman–Crippen LogP) is 3.50. The fraction of sp³-hybridized carbons (Fsp3) is 0. The van der Waals surface area contributed by atoms with E-state index in [2.05, 4.69) is 20.9 Å². The molecule has 0 spiro atoms. The van der Waals surface area contributed by atoms with Gasteiger partial charge in [-0.2, -0.15) is 4.39 Å². The second-order valence-corrected chi connectivity index (χ2v) is 4.14. The van der Waals surface area contributed by atoms with Gasteiger partial charge in [0.15, 0.2) is 11.6 Å². The number of nitrogens with zero attached hydrogens (tertiary/aromatic N) is 1. The molecule has 2 N–H and O–H groups in total. The van der Waals surface area contributed by atoms with Crippen LogP contribution in [-0.2, 0) is 0 Å². The molecule has 0 atom stereocenters. The van der Waals surface area contributed by atoms with Crippen LogP contribution in [0.1, 0.15) is 0 Å². The molecule has 0 unspecified atom stereocenters. The molecule has 2 aromatic rings. The zero-order valence-corrected chi connectivity index (χ0v) is 10.0. The lowest BCUT2D eigenvalue weighted by Gasteiger charge is -2.07. The number of hydrogen-bond acceptors (Lipinski definition) is 3. The largest absolute Gasteiger partial charge is 0.436 e. The Morgan fingerprint density at radius 2 is 2.00 bits per heavy atom. The van der Waals surface area contributed by atoms with Gasteiger partial charge in [0.2, 0.25) is 11.7 Å². The molecule has 1 aromatic carbocycles. The van der Waals surface area contributed by atoms with Crippen molar-refractivity contribution < 1.29 is 13.5 Å². The molecule has 3 nitrogen and oxygen atoms in total. The third-order valence-electron chi connectivity index (χ3n) is 1.93. The fourth-order valence-electron chi connectivity index (χ4n) is 1.20. The number of halogens is 3. The van der Waals surface area contributed by atoms with E-state index in [-0.39, 0.29) is 11.6 Å². The molecule has 0 fully saturated rings. The first-order valence-electron chi connectivity index (χ1n) is 4.60. The van der Waals surface area contributed by atoms with Crippen LogP contribution in [0.15, 0.2) is 34.9 Å². The zero-order chi connectivity index (χ0) is 12.4. The molecule has 0 aliphatic carbocycles. The van der Waals surface area contributed by atoms with E-state index in [1.54, 1.807) is 6.07 Å². The van der Waals surface area contributed by atoms with Crippen molar-refractivity contribution in [1.82, 2.24) is 4.98 Å². The highest BCUT2D eigenvalue weighted by Gasteiger charge is 2.12. The summed E-state index contributed by atoms with van der Waals surface area (Å²) in [6, 6.07) is 5.29. The quantitative estimate of drug-likeness (QED) is 0.864. The third kappa shape index (κ3) is 2.71. The second kappa shape index (κ2) is 4.67. The number of anilines is 1. The summed E-state index contributed by atoms with van der Waals surface area (Å²) in [7, 11) is 0. The second-order valence-electron chi connectivity index (χ2n) is 3.23. The summed E-state index contributed by atoms with van der Waals surface area (Å²) < 4.78 is 32.0. The van der Waals surface area contributed by atoms with Crippen LogP contribution in [0, 0.1) is 11.6 Å². The van der Waals surface area contributed by atoms with Gasteiger partial charge in [-0.25, -0.2) is 9.37 Å². The fourth-order valence-corrected chi connectivity index (χ4v) is 1.61. The van der Waals surface area contributed by atoms with Crippen molar-refractivity contribution in [2.75, 3.05) is 5.73 Å². The normalized spacial score (nSPS) is 10.3. The number of aromatic nitrogens is 1. The molecule has 88 valence electrons. The first kappa shape index (κ1) is 11.8. The lowest BCUT2D eigenvalue weighted by molar-refractivity contribution is 0.405.